The second kappa shape index (κ2) is 7.38. The van der Waals surface area contributed by atoms with Gasteiger partial charge in [-0.3, -0.25) is 9.78 Å². The molecule has 1 N–H and O–H groups in total. The maximum Gasteiger partial charge on any atom is 0.490 e. The molecule has 6 nitrogen and oxygen atoms in total. The number of rotatable bonds is 1. The van der Waals surface area contributed by atoms with Gasteiger partial charge < -0.3 is 14.7 Å². The maximum absolute atomic E-state index is 12.3. The Morgan fingerprint density at radius 1 is 1.32 bits per heavy atom. The first-order chi connectivity index (χ1) is 11.6. The highest BCUT2D eigenvalue weighted by Gasteiger charge is 2.42. The van der Waals surface area contributed by atoms with E-state index < -0.39 is 12.1 Å². The van der Waals surface area contributed by atoms with Crippen molar-refractivity contribution in [3.8, 4) is 0 Å². The zero-order valence-corrected chi connectivity index (χ0v) is 13.8. The molecule has 0 aromatic carbocycles. The average molecular weight is 360 g/mol. The Labute approximate surface area is 142 Å². The molecule has 1 amide bonds. The Balaban J connectivity index is 0.000000277. The van der Waals surface area contributed by atoms with Crippen LogP contribution in [0.1, 0.15) is 29.3 Å². The lowest BCUT2D eigenvalue weighted by atomic mass is 10.0. The standard InChI is InChI=1S/C14H18N2O2.C2HF3O2/c1-9-3-11(6-15-5-9)14(17)16-7-12-4-10(2)18-13(12)8-16;3-2(4,5)1(6)7/h3,5-6,10,12-13H,4,7-8H2,1-2H3;(H,6,7)/t10-,12+,13-;/m1./s1. The Morgan fingerprint density at radius 3 is 2.48 bits per heavy atom. The fraction of sp³-hybridized carbons (Fsp3) is 0.562. The Hall–Kier alpha value is -2.16. The van der Waals surface area contributed by atoms with Gasteiger partial charge in [0.2, 0.25) is 0 Å². The van der Waals surface area contributed by atoms with Gasteiger partial charge in [-0.05, 0) is 31.9 Å². The summed E-state index contributed by atoms with van der Waals surface area (Å²) < 4.78 is 37.6. The minimum absolute atomic E-state index is 0.0804. The number of carbonyl (C=O) groups is 2. The molecule has 2 fully saturated rings. The molecule has 0 unspecified atom stereocenters. The molecule has 9 heteroatoms. The van der Waals surface area contributed by atoms with Crippen LogP contribution >= 0.6 is 0 Å². The molecule has 2 aliphatic heterocycles. The van der Waals surface area contributed by atoms with Crippen molar-refractivity contribution < 1.29 is 32.6 Å². The Bertz CT molecular complexity index is 637. The van der Waals surface area contributed by atoms with Gasteiger partial charge in [0.25, 0.3) is 5.91 Å². The van der Waals surface area contributed by atoms with E-state index in [0.29, 0.717) is 17.6 Å². The summed E-state index contributed by atoms with van der Waals surface area (Å²) in [5, 5.41) is 7.12. The minimum atomic E-state index is -5.08. The van der Waals surface area contributed by atoms with E-state index in [-0.39, 0.29) is 12.0 Å². The van der Waals surface area contributed by atoms with Crippen molar-refractivity contribution in [3.05, 3.63) is 29.6 Å². The number of hydrogen-bond donors (Lipinski definition) is 1. The first-order valence-corrected chi connectivity index (χ1v) is 7.74. The number of nitrogens with zero attached hydrogens (tertiary/aromatic N) is 2. The highest BCUT2D eigenvalue weighted by Crippen LogP contribution is 2.33. The van der Waals surface area contributed by atoms with Crippen LogP contribution in [0.3, 0.4) is 0 Å². The van der Waals surface area contributed by atoms with Crippen LogP contribution in [0.25, 0.3) is 0 Å². The third-order valence-electron chi connectivity index (χ3n) is 4.07. The number of hydrogen-bond acceptors (Lipinski definition) is 4. The number of aromatic nitrogens is 1. The largest absolute Gasteiger partial charge is 0.490 e. The van der Waals surface area contributed by atoms with Gasteiger partial charge in [0.15, 0.2) is 0 Å². The van der Waals surface area contributed by atoms with Crippen LogP contribution < -0.4 is 0 Å². The van der Waals surface area contributed by atoms with Crippen LogP contribution in [0.2, 0.25) is 0 Å². The Morgan fingerprint density at radius 2 is 1.96 bits per heavy atom. The molecule has 3 atom stereocenters. The molecule has 0 radical (unpaired) electrons. The van der Waals surface area contributed by atoms with E-state index in [1.807, 2.05) is 17.9 Å². The number of halogens is 3. The average Bonchev–Trinajstić information content (AvgIpc) is 3.03. The van der Waals surface area contributed by atoms with Crippen molar-refractivity contribution in [2.45, 2.75) is 38.7 Å². The highest BCUT2D eigenvalue weighted by atomic mass is 19.4. The van der Waals surface area contributed by atoms with Crippen molar-refractivity contribution in [2.75, 3.05) is 13.1 Å². The summed E-state index contributed by atoms with van der Waals surface area (Å²) in [6.45, 7) is 5.60. The quantitative estimate of drug-likeness (QED) is 0.831. The molecule has 0 aliphatic carbocycles. The molecule has 0 saturated carbocycles. The van der Waals surface area contributed by atoms with E-state index in [1.165, 1.54) is 0 Å². The van der Waals surface area contributed by atoms with Gasteiger partial charge >= 0.3 is 12.1 Å². The molecule has 0 spiro atoms. The third-order valence-corrected chi connectivity index (χ3v) is 4.07. The number of carbonyl (C=O) groups excluding carboxylic acids is 1. The molecule has 3 rings (SSSR count). The lowest BCUT2D eigenvalue weighted by molar-refractivity contribution is -0.192. The Kier molecular flexibility index (Phi) is 5.66. The van der Waals surface area contributed by atoms with Gasteiger partial charge in [0.05, 0.1) is 17.8 Å². The van der Waals surface area contributed by atoms with Gasteiger partial charge in [-0.25, -0.2) is 4.79 Å². The predicted molar refractivity (Wildman–Crippen MR) is 81.0 cm³/mol. The van der Waals surface area contributed by atoms with Crippen molar-refractivity contribution >= 4 is 11.9 Å². The van der Waals surface area contributed by atoms with Crippen LogP contribution in [0.4, 0.5) is 13.2 Å². The number of fused-ring (bicyclic) bond motifs is 1. The first kappa shape index (κ1) is 19.2. The first-order valence-electron chi connectivity index (χ1n) is 7.74. The van der Waals surface area contributed by atoms with E-state index in [1.54, 1.807) is 12.4 Å². The molecular formula is C16H19F3N2O4. The van der Waals surface area contributed by atoms with Gasteiger partial charge in [0, 0.05) is 31.4 Å². The summed E-state index contributed by atoms with van der Waals surface area (Å²) in [5.41, 5.74) is 1.70. The van der Waals surface area contributed by atoms with Crippen molar-refractivity contribution in [3.63, 3.8) is 0 Å². The lowest BCUT2D eigenvalue weighted by Crippen LogP contribution is -2.31. The van der Waals surface area contributed by atoms with Gasteiger partial charge in [-0.15, -0.1) is 0 Å². The van der Waals surface area contributed by atoms with Crippen molar-refractivity contribution in [2.24, 2.45) is 5.92 Å². The van der Waals surface area contributed by atoms with E-state index in [0.717, 1.165) is 25.1 Å². The summed E-state index contributed by atoms with van der Waals surface area (Å²) >= 11 is 0. The third kappa shape index (κ3) is 4.91. The summed E-state index contributed by atoms with van der Waals surface area (Å²) in [6.07, 6.45) is -0.0205. The van der Waals surface area contributed by atoms with Crippen LogP contribution in [0.5, 0.6) is 0 Å². The van der Waals surface area contributed by atoms with E-state index in [2.05, 4.69) is 11.9 Å². The van der Waals surface area contributed by atoms with Gasteiger partial charge in [0.1, 0.15) is 0 Å². The number of alkyl halides is 3. The molecule has 1 aromatic rings. The molecule has 1 aromatic heterocycles. The van der Waals surface area contributed by atoms with Crippen LogP contribution in [-0.4, -0.2) is 58.3 Å². The number of carboxylic acids is 1. The second-order valence-corrected chi connectivity index (χ2v) is 6.24. The lowest BCUT2D eigenvalue weighted by Gasteiger charge is -2.18. The molecule has 2 saturated heterocycles. The minimum Gasteiger partial charge on any atom is -0.475 e. The van der Waals surface area contributed by atoms with Crippen LogP contribution in [0, 0.1) is 12.8 Å². The normalized spacial score (nSPS) is 25.2. The fourth-order valence-corrected chi connectivity index (χ4v) is 3.02. The van der Waals surface area contributed by atoms with Crippen molar-refractivity contribution in [1.82, 2.24) is 9.88 Å². The van der Waals surface area contributed by atoms with Gasteiger partial charge in [-0.1, -0.05) is 0 Å². The summed E-state index contributed by atoms with van der Waals surface area (Å²) in [5.74, 6) is -2.16. The number of aryl methyl sites for hydroxylation is 1. The molecular weight excluding hydrogens is 341 g/mol. The fourth-order valence-electron chi connectivity index (χ4n) is 3.02. The van der Waals surface area contributed by atoms with Crippen molar-refractivity contribution in [1.29, 1.82) is 0 Å². The van der Waals surface area contributed by atoms with E-state index >= 15 is 0 Å². The van der Waals surface area contributed by atoms with E-state index in [9.17, 15) is 18.0 Å². The number of ether oxygens (including phenoxy) is 1. The van der Waals surface area contributed by atoms with Gasteiger partial charge in [-0.2, -0.15) is 13.2 Å². The summed E-state index contributed by atoms with van der Waals surface area (Å²) in [7, 11) is 0. The zero-order valence-electron chi connectivity index (χ0n) is 13.8. The smallest absolute Gasteiger partial charge is 0.475 e. The topological polar surface area (TPSA) is 79.7 Å². The zero-order chi connectivity index (χ0) is 18.8. The van der Waals surface area contributed by atoms with Crippen LogP contribution in [0.15, 0.2) is 18.5 Å². The molecule has 3 heterocycles. The monoisotopic (exact) mass is 360 g/mol. The molecule has 25 heavy (non-hydrogen) atoms. The molecule has 2 aliphatic rings. The number of carboxylic acid groups (broad SMARTS) is 1. The summed E-state index contributed by atoms with van der Waals surface area (Å²) in [6, 6.07) is 1.90. The number of amides is 1. The maximum atomic E-state index is 12.3. The number of likely N-dealkylation sites (tertiary alicyclic amines) is 1. The number of aliphatic carboxylic acids is 1. The second-order valence-electron chi connectivity index (χ2n) is 6.24. The van der Waals surface area contributed by atoms with E-state index in [4.69, 9.17) is 14.6 Å². The van der Waals surface area contributed by atoms with Crippen LogP contribution in [-0.2, 0) is 9.53 Å². The number of pyridine rings is 1. The predicted octanol–water partition coefficient (Wildman–Crippen LogP) is 2.27. The molecule has 138 valence electrons. The summed E-state index contributed by atoms with van der Waals surface area (Å²) in [4.78, 5) is 27.2. The molecule has 0 bridgehead atoms. The highest BCUT2D eigenvalue weighted by molar-refractivity contribution is 5.94. The SMILES string of the molecule is Cc1cncc(C(=O)N2C[C@@H]3C[C@@H](C)O[C@@H]3C2)c1.O=C(O)C(F)(F)F.